The molecule has 0 amide bonds. The van der Waals surface area contributed by atoms with Gasteiger partial charge >= 0.3 is 0 Å². The lowest BCUT2D eigenvalue weighted by Gasteiger charge is -2.08. The summed E-state index contributed by atoms with van der Waals surface area (Å²) in [6.07, 6.45) is 1.98. The number of hydrogen-bond acceptors (Lipinski definition) is 4. The summed E-state index contributed by atoms with van der Waals surface area (Å²) in [7, 11) is 0. The summed E-state index contributed by atoms with van der Waals surface area (Å²) in [5.74, 6) is 1.49. The third kappa shape index (κ3) is 3.30. The molecule has 0 unspecified atom stereocenters. The Morgan fingerprint density at radius 1 is 0.885 bits per heavy atom. The zero-order chi connectivity index (χ0) is 17.9. The second kappa shape index (κ2) is 6.76. The van der Waals surface area contributed by atoms with Gasteiger partial charge < -0.3 is 14.9 Å². The molecule has 0 radical (unpaired) electrons. The summed E-state index contributed by atoms with van der Waals surface area (Å²) in [6, 6.07) is 22.3. The van der Waals surface area contributed by atoms with Crippen LogP contribution in [0.4, 0.5) is 5.69 Å². The maximum atomic E-state index is 12.7. The average molecular weight is 343 g/mol. The molecule has 4 heteroatoms. The van der Waals surface area contributed by atoms with E-state index < -0.39 is 0 Å². The van der Waals surface area contributed by atoms with Gasteiger partial charge in [-0.3, -0.25) is 4.79 Å². The van der Waals surface area contributed by atoms with Crippen LogP contribution in [0.5, 0.6) is 11.5 Å². The van der Waals surface area contributed by atoms with Crippen LogP contribution in [0.15, 0.2) is 88.3 Å². The van der Waals surface area contributed by atoms with Crippen molar-refractivity contribution in [3.63, 3.8) is 0 Å². The molecule has 0 spiro atoms. The van der Waals surface area contributed by atoms with Gasteiger partial charge in [-0.05, 0) is 48.0 Å². The fourth-order valence-electron chi connectivity index (χ4n) is 2.87. The van der Waals surface area contributed by atoms with E-state index in [4.69, 9.17) is 14.9 Å². The number of benzene rings is 3. The Balaban J connectivity index is 1.63. The van der Waals surface area contributed by atoms with Crippen LogP contribution in [0.2, 0.25) is 0 Å². The lowest BCUT2D eigenvalue weighted by Crippen LogP contribution is -2.09. The van der Waals surface area contributed by atoms with E-state index in [1.165, 1.54) is 6.26 Å². The van der Waals surface area contributed by atoms with Gasteiger partial charge in [0.05, 0.1) is 11.6 Å². The van der Waals surface area contributed by atoms with E-state index in [-0.39, 0.29) is 5.43 Å². The van der Waals surface area contributed by atoms with Gasteiger partial charge in [0.25, 0.3) is 0 Å². The normalized spacial score (nSPS) is 10.8. The third-order valence-corrected chi connectivity index (χ3v) is 4.14. The molecule has 0 aliphatic carbocycles. The van der Waals surface area contributed by atoms with E-state index in [0.29, 0.717) is 28.6 Å². The Morgan fingerprint density at radius 2 is 1.69 bits per heavy atom. The molecule has 0 saturated heterocycles. The number of ether oxygens (including phenoxy) is 1. The van der Waals surface area contributed by atoms with Gasteiger partial charge in [-0.15, -0.1) is 0 Å². The van der Waals surface area contributed by atoms with Gasteiger partial charge in [0.1, 0.15) is 17.1 Å². The number of anilines is 1. The average Bonchev–Trinajstić information content (AvgIpc) is 2.66. The van der Waals surface area contributed by atoms with Crippen molar-refractivity contribution in [1.29, 1.82) is 0 Å². The molecule has 4 rings (SSSR count). The van der Waals surface area contributed by atoms with Gasteiger partial charge in [0.2, 0.25) is 0 Å². The van der Waals surface area contributed by atoms with Crippen LogP contribution >= 0.6 is 0 Å². The minimum Gasteiger partial charge on any atom is -0.464 e. The Labute approximate surface area is 150 Å². The topological polar surface area (TPSA) is 65.5 Å². The zero-order valence-electron chi connectivity index (χ0n) is 14.0. The van der Waals surface area contributed by atoms with Crippen LogP contribution in [0, 0.1) is 0 Å². The van der Waals surface area contributed by atoms with Gasteiger partial charge in [-0.25, -0.2) is 0 Å². The third-order valence-electron chi connectivity index (χ3n) is 4.14. The van der Waals surface area contributed by atoms with Crippen molar-refractivity contribution in [3.8, 4) is 11.5 Å². The molecule has 0 aliphatic rings. The Hall–Kier alpha value is -3.53. The first-order valence-corrected chi connectivity index (χ1v) is 8.31. The van der Waals surface area contributed by atoms with E-state index >= 15 is 0 Å². The van der Waals surface area contributed by atoms with Crippen LogP contribution in [0.1, 0.15) is 11.1 Å². The molecule has 26 heavy (non-hydrogen) atoms. The molecule has 0 bridgehead atoms. The second-order valence-electron chi connectivity index (χ2n) is 6.08. The zero-order valence-corrected chi connectivity index (χ0v) is 14.0. The van der Waals surface area contributed by atoms with E-state index in [1.807, 2.05) is 54.6 Å². The summed E-state index contributed by atoms with van der Waals surface area (Å²) in [5.41, 5.74) is 8.36. The van der Waals surface area contributed by atoms with E-state index in [2.05, 4.69) is 0 Å². The van der Waals surface area contributed by atoms with Crippen LogP contribution in [-0.4, -0.2) is 0 Å². The Kier molecular flexibility index (Phi) is 4.15. The van der Waals surface area contributed by atoms with Gasteiger partial charge in [-0.2, -0.15) is 0 Å². The molecule has 1 heterocycles. The maximum absolute atomic E-state index is 12.7. The lowest BCUT2D eigenvalue weighted by atomic mass is 10.0. The van der Waals surface area contributed by atoms with Crippen LogP contribution in [-0.2, 0) is 6.42 Å². The molecule has 1 aromatic heterocycles. The second-order valence-corrected chi connectivity index (χ2v) is 6.08. The van der Waals surface area contributed by atoms with Crippen molar-refractivity contribution in [1.82, 2.24) is 0 Å². The highest BCUT2D eigenvalue weighted by atomic mass is 16.5. The summed E-state index contributed by atoms with van der Waals surface area (Å²) in [5, 5.41) is 0.499. The van der Waals surface area contributed by atoms with Crippen LogP contribution in [0.3, 0.4) is 0 Å². The first kappa shape index (κ1) is 16.0. The number of nitrogen functional groups attached to an aromatic ring is 1. The molecule has 128 valence electrons. The fraction of sp³-hybridized carbons (Fsp3) is 0.0455. The van der Waals surface area contributed by atoms with Crippen molar-refractivity contribution in [3.05, 3.63) is 100 Å². The van der Waals surface area contributed by atoms with E-state index in [9.17, 15) is 4.79 Å². The summed E-state index contributed by atoms with van der Waals surface area (Å²) in [4.78, 5) is 12.7. The van der Waals surface area contributed by atoms with Crippen molar-refractivity contribution < 1.29 is 9.15 Å². The van der Waals surface area contributed by atoms with E-state index in [1.54, 1.807) is 18.2 Å². The first-order valence-electron chi connectivity index (χ1n) is 8.31. The maximum Gasteiger partial charge on any atom is 0.196 e. The summed E-state index contributed by atoms with van der Waals surface area (Å²) in [6.45, 7) is 0. The molecule has 4 nitrogen and oxygen atoms in total. The Morgan fingerprint density at radius 3 is 2.54 bits per heavy atom. The number of fused-ring (bicyclic) bond motifs is 1. The molecular formula is C22H17NO3. The standard InChI is InChI=1S/C22H17NO3/c23-17-9-10-21-20(13-17)22(24)16(14-25-21)11-15-5-4-8-19(12-15)26-18-6-2-1-3-7-18/h1-10,12-14H,11,23H2. The summed E-state index contributed by atoms with van der Waals surface area (Å²) >= 11 is 0. The monoisotopic (exact) mass is 343 g/mol. The van der Waals surface area contributed by atoms with Crippen molar-refractivity contribution in [2.24, 2.45) is 0 Å². The highest BCUT2D eigenvalue weighted by Crippen LogP contribution is 2.23. The van der Waals surface area contributed by atoms with Crippen molar-refractivity contribution in [2.75, 3.05) is 5.73 Å². The van der Waals surface area contributed by atoms with Crippen LogP contribution in [0.25, 0.3) is 11.0 Å². The van der Waals surface area contributed by atoms with Crippen molar-refractivity contribution in [2.45, 2.75) is 6.42 Å². The Bertz CT molecular complexity index is 1120. The van der Waals surface area contributed by atoms with Gasteiger partial charge in [0, 0.05) is 17.7 Å². The van der Waals surface area contributed by atoms with Crippen molar-refractivity contribution >= 4 is 16.7 Å². The molecule has 0 saturated carbocycles. The van der Waals surface area contributed by atoms with Crippen LogP contribution < -0.4 is 15.9 Å². The minimum atomic E-state index is -0.0621. The SMILES string of the molecule is Nc1ccc2occ(Cc3cccc(Oc4ccccc4)c3)c(=O)c2c1. The van der Waals surface area contributed by atoms with Gasteiger partial charge in [0.15, 0.2) is 5.43 Å². The number of rotatable bonds is 4. The molecule has 0 atom stereocenters. The fourth-order valence-corrected chi connectivity index (χ4v) is 2.87. The number of nitrogens with two attached hydrogens (primary N) is 1. The lowest BCUT2D eigenvalue weighted by molar-refractivity contribution is 0.482. The smallest absolute Gasteiger partial charge is 0.196 e. The quantitative estimate of drug-likeness (QED) is 0.543. The molecule has 3 aromatic carbocycles. The predicted molar refractivity (Wildman–Crippen MR) is 103 cm³/mol. The van der Waals surface area contributed by atoms with Gasteiger partial charge in [-0.1, -0.05) is 30.3 Å². The highest BCUT2D eigenvalue weighted by molar-refractivity contribution is 5.80. The predicted octanol–water partition coefficient (Wildman–Crippen LogP) is 4.76. The molecule has 0 fully saturated rings. The minimum absolute atomic E-state index is 0.0621. The van der Waals surface area contributed by atoms with E-state index in [0.717, 1.165) is 17.1 Å². The largest absolute Gasteiger partial charge is 0.464 e. The summed E-state index contributed by atoms with van der Waals surface area (Å²) < 4.78 is 11.4. The number of hydrogen-bond donors (Lipinski definition) is 1. The first-order chi connectivity index (χ1) is 12.7. The number of para-hydroxylation sites is 1. The molecule has 4 aromatic rings. The molecule has 2 N–H and O–H groups in total. The molecule has 0 aliphatic heterocycles. The molecular weight excluding hydrogens is 326 g/mol. The highest BCUT2D eigenvalue weighted by Gasteiger charge is 2.09.